The third-order valence-corrected chi connectivity index (χ3v) is 5.43. The first-order valence-corrected chi connectivity index (χ1v) is 9.62. The minimum Gasteiger partial charge on any atom is -0.493 e. The molecule has 1 saturated heterocycles. The van der Waals surface area contributed by atoms with Crippen LogP contribution in [0.25, 0.3) is 0 Å². The lowest BCUT2D eigenvalue weighted by Crippen LogP contribution is -2.42. The maximum atomic E-state index is 13.0. The summed E-state index contributed by atoms with van der Waals surface area (Å²) in [5.41, 5.74) is 1.14. The van der Waals surface area contributed by atoms with Crippen LogP contribution in [-0.2, 0) is 13.0 Å². The van der Waals surface area contributed by atoms with Crippen molar-refractivity contribution in [2.24, 2.45) is 5.92 Å². The number of ether oxygens (including phenoxy) is 1. The highest BCUT2D eigenvalue weighted by atomic mass is 16.5. The minimum atomic E-state index is 0.0197. The van der Waals surface area contributed by atoms with Gasteiger partial charge in [-0.1, -0.05) is 18.2 Å². The normalized spacial score (nSPS) is 19.9. The van der Waals surface area contributed by atoms with Gasteiger partial charge >= 0.3 is 0 Å². The molecule has 1 aromatic heterocycles. The van der Waals surface area contributed by atoms with Crippen LogP contribution >= 0.6 is 0 Å². The zero-order valence-electron chi connectivity index (χ0n) is 15.4. The van der Waals surface area contributed by atoms with Gasteiger partial charge in [-0.25, -0.2) is 0 Å². The minimum absolute atomic E-state index is 0.0197. The number of hydrogen-bond donors (Lipinski definition) is 0. The Hall–Kier alpha value is -2.37. The lowest BCUT2D eigenvalue weighted by molar-refractivity contribution is 0.0614. The Labute approximate surface area is 154 Å². The Kier molecular flexibility index (Phi) is 4.91. The monoisotopic (exact) mass is 354 g/mol. The summed E-state index contributed by atoms with van der Waals surface area (Å²) < 4.78 is 8.03. The molecule has 2 aliphatic rings. The highest BCUT2D eigenvalue weighted by Crippen LogP contribution is 2.23. The molecule has 2 aromatic rings. The molecule has 0 spiro atoms. The molecular formula is C20H26N4O2. The maximum Gasteiger partial charge on any atom is 0.291 e. The Morgan fingerprint density at radius 1 is 1.19 bits per heavy atom. The van der Waals surface area contributed by atoms with Crippen LogP contribution in [0, 0.1) is 12.8 Å². The Balaban J connectivity index is 1.39. The van der Waals surface area contributed by atoms with Crippen molar-refractivity contribution in [2.75, 3.05) is 19.7 Å². The van der Waals surface area contributed by atoms with Crippen molar-refractivity contribution in [1.82, 2.24) is 19.7 Å². The van der Waals surface area contributed by atoms with Gasteiger partial charge in [0.2, 0.25) is 5.82 Å². The number of carbonyl (C=O) groups excluding carboxylic acids is 1. The van der Waals surface area contributed by atoms with Crippen LogP contribution in [0.3, 0.4) is 0 Å². The summed E-state index contributed by atoms with van der Waals surface area (Å²) in [4.78, 5) is 14.9. The molecule has 1 aromatic carbocycles. The number of rotatable bonds is 4. The average Bonchev–Trinajstić information content (AvgIpc) is 3.11. The molecular weight excluding hydrogens is 328 g/mol. The molecule has 2 aliphatic heterocycles. The van der Waals surface area contributed by atoms with E-state index in [9.17, 15) is 4.79 Å². The molecule has 1 unspecified atom stereocenters. The molecule has 0 bridgehead atoms. The molecule has 1 fully saturated rings. The number of benzene rings is 1. The fourth-order valence-electron chi connectivity index (χ4n) is 3.92. The SMILES string of the molecule is Cc1ccccc1OCC1CCCN(C(=O)c2nnc3n2CCCC3)C1. The van der Waals surface area contributed by atoms with Gasteiger partial charge in [-0.2, -0.15) is 0 Å². The summed E-state index contributed by atoms with van der Waals surface area (Å²) in [6.07, 6.45) is 5.25. The first-order chi connectivity index (χ1) is 12.7. The Morgan fingerprint density at radius 3 is 2.96 bits per heavy atom. The zero-order chi connectivity index (χ0) is 17.9. The second-order valence-corrected chi connectivity index (χ2v) is 7.38. The van der Waals surface area contributed by atoms with Crippen LogP contribution in [-0.4, -0.2) is 45.3 Å². The summed E-state index contributed by atoms with van der Waals surface area (Å²) in [6.45, 7) is 5.08. The van der Waals surface area contributed by atoms with E-state index in [0.717, 1.165) is 68.9 Å². The zero-order valence-corrected chi connectivity index (χ0v) is 15.4. The highest BCUT2D eigenvalue weighted by molar-refractivity contribution is 5.90. The summed E-state index contributed by atoms with van der Waals surface area (Å²) in [6, 6.07) is 8.07. The van der Waals surface area contributed by atoms with Gasteiger partial charge in [0.25, 0.3) is 5.91 Å². The van der Waals surface area contributed by atoms with Gasteiger partial charge < -0.3 is 14.2 Å². The number of aryl methyl sites for hydroxylation is 2. The van der Waals surface area contributed by atoms with Gasteiger partial charge in [0, 0.05) is 32.0 Å². The molecule has 0 aliphatic carbocycles. The summed E-state index contributed by atoms with van der Waals surface area (Å²) >= 11 is 0. The van der Waals surface area contributed by atoms with Crippen LogP contribution in [0.15, 0.2) is 24.3 Å². The number of hydrogen-bond acceptors (Lipinski definition) is 4. The second-order valence-electron chi connectivity index (χ2n) is 7.38. The fraction of sp³-hybridized carbons (Fsp3) is 0.550. The van der Waals surface area contributed by atoms with Crippen LogP contribution < -0.4 is 4.74 Å². The quantitative estimate of drug-likeness (QED) is 0.847. The number of nitrogens with zero attached hydrogens (tertiary/aromatic N) is 4. The van der Waals surface area contributed by atoms with Gasteiger partial charge in [0.15, 0.2) is 0 Å². The largest absolute Gasteiger partial charge is 0.493 e. The van der Waals surface area contributed by atoms with Crippen molar-refractivity contribution in [1.29, 1.82) is 0 Å². The molecule has 0 saturated carbocycles. The molecule has 26 heavy (non-hydrogen) atoms. The number of piperidine rings is 1. The molecule has 0 N–H and O–H groups in total. The number of para-hydroxylation sites is 1. The van der Waals surface area contributed by atoms with E-state index in [2.05, 4.69) is 23.2 Å². The first kappa shape index (κ1) is 17.1. The van der Waals surface area contributed by atoms with Crippen molar-refractivity contribution in [3.05, 3.63) is 41.5 Å². The number of fused-ring (bicyclic) bond motifs is 1. The fourth-order valence-corrected chi connectivity index (χ4v) is 3.92. The molecule has 138 valence electrons. The number of carbonyl (C=O) groups is 1. The Morgan fingerprint density at radius 2 is 2.08 bits per heavy atom. The number of likely N-dealkylation sites (tertiary alicyclic amines) is 1. The van der Waals surface area contributed by atoms with Gasteiger partial charge in [-0.15, -0.1) is 10.2 Å². The maximum absolute atomic E-state index is 13.0. The van der Waals surface area contributed by atoms with Crippen molar-refractivity contribution >= 4 is 5.91 Å². The molecule has 6 heteroatoms. The van der Waals surface area contributed by atoms with E-state index in [-0.39, 0.29) is 5.91 Å². The number of amides is 1. The summed E-state index contributed by atoms with van der Waals surface area (Å²) in [5, 5.41) is 8.41. The standard InChI is InChI=1S/C20H26N4O2/c1-15-7-2-3-9-17(15)26-14-16-8-6-11-23(13-16)20(25)19-22-21-18-10-4-5-12-24(18)19/h2-3,7,9,16H,4-6,8,10-14H2,1H3. The molecule has 1 amide bonds. The Bertz CT molecular complexity index is 786. The molecule has 6 nitrogen and oxygen atoms in total. The topological polar surface area (TPSA) is 60.2 Å². The molecule has 3 heterocycles. The van der Waals surface area contributed by atoms with E-state index in [1.165, 1.54) is 0 Å². The average molecular weight is 354 g/mol. The van der Waals surface area contributed by atoms with Gasteiger partial charge in [-0.3, -0.25) is 4.79 Å². The van der Waals surface area contributed by atoms with Gasteiger partial charge in [-0.05, 0) is 44.2 Å². The molecule has 1 atom stereocenters. The lowest BCUT2D eigenvalue weighted by atomic mass is 9.99. The van der Waals surface area contributed by atoms with Crippen molar-refractivity contribution in [3.63, 3.8) is 0 Å². The van der Waals surface area contributed by atoms with E-state index in [1.807, 2.05) is 27.7 Å². The summed E-state index contributed by atoms with van der Waals surface area (Å²) in [7, 11) is 0. The highest BCUT2D eigenvalue weighted by Gasteiger charge is 2.29. The molecule has 0 radical (unpaired) electrons. The summed E-state index contributed by atoms with van der Waals surface area (Å²) in [5.74, 6) is 2.78. The van der Waals surface area contributed by atoms with E-state index in [0.29, 0.717) is 18.3 Å². The van der Waals surface area contributed by atoms with E-state index in [1.54, 1.807) is 0 Å². The van der Waals surface area contributed by atoms with E-state index in [4.69, 9.17) is 4.74 Å². The van der Waals surface area contributed by atoms with E-state index < -0.39 is 0 Å². The van der Waals surface area contributed by atoms with Crippen LogP contribution in [0.2, 0.25) is 0 Å². The van der Waals surface area contributed by atoms with Crippen LogP contribution in [0.4, 0.5) is 0 Å². The lowest BCUT2D eigenvalue weighted by Gasteiger charge is -2.32. The van der Waals surface area contributed by atoms with Crippen molar-refractivity contribution in [3.8, 4) is 5.75 Å². The van der Waals surface area contributed by atoms with Gasteiger partial charge in [0.05, 0.1) is 6.61 Å². The van der Waals surface area contributed by atoms with Gasteiger partial charge in [0.1, 0.15) is 11.6 Å². The number of aromatic nitrogens is 3. The molecule has 4 rings (SSSR count). The predicted octanol–water partition coefficient (Wildman–Crippen LogP) is 2.85. The van der Waals surface area contributed by atoms with E-state index >= 15 is 0 Å². The third-order valence-electron chi connectivity index (χ3n) is 5.43. The van der Waals surface area contributed by atoms with Crippen LogP contribution in [0.5, 0.6) is 5.75 Å². The second kappa shape index (κ2) is 7.48. The first-order valence-electron chi connectivity index (χ1n) is 9.62. The smallest absolute Gasteiger partial charge is 0.291 e. The van der Waals surface area contributed by atoms with Crippen molar-refractivity contribution < 1.29 is 9.53 Å². The van der Waals surface area contributed by atoms with Crippen LogP contribution in [0.1, 0.15) is 47.7 Å². The predicted molar refractivity (Wildman–Crippen MR) is 98.3 cm³/mol. The van der Waals surface area contributed by atoms with Crippen molar-refractivity contribution in [2.45, 2.75) is 45.6 Å². The third kappa shape index (κ3) is 3.45.